The Kier molecular flexibility index (Phi) is 9.74. The highest BCUT2D eigenvalue weighted by Crippen LogP contribution is 2.39. The second kappa shape index (κ2) is 14.1. The zero-order valence-corrected chi connectivity index (χ0v) is 27.1. The molecule has 7 nitrogen and oxygen atoms in total. The molecule has 2 heterocycles. The number of rotatable bonds is 7. The van der Waals surface area contributed by atoms with Gasteiger partial charge in [0.1, 0.15) is 11.6 Å². The van der Waals surface area contributed by atoms with E-state index in [1.165, 1.54) is 69.7 Å². The number of carbonyl (C=O) groups is 1. The number of halogens is 1. The maximum absolute atomic E-state index is 11.1. The summed E-state index contributed by atoms with van der Waals surface area (Å²) >= 11 is 6.68. The number of aromatic nitrogens is 4. The summed E-state index contributed by atoms with van der Waals surface area (Å²) in [6.07, 6.45) is 12.7. The molecular weight excluding hydrogens is 582 g/mol. The van der Waals surface area contributed by atoms with Crippen LogP contribution in [0.4, 0.5) is 5.69 Å². The SMILES string of the molecule is Cn1c(C(Cl)C2CCCCC2)nc2ccccc21.Cn1c(C(Nc2ccc(C(=O)O)cc2)C2CCCCC2)nc2ccccc21. The Labute approximate surface area is 270 Å². The second-order valence-electron chi connectivity index (χ2n) is 12.7. The summed E-state index contributed by atoms with van der Waals surface area (Å²) in [5.74, 6) is 2.29. The Hall–Kier alpha value is -3.84. The Morgan fingerprint density at radius 3 is 1.76 bits per heavy atom. The molecule has 2 atom stereocenters. The second-order valence-corrected chi connectivity index (χ2v) is 13.2. The van der Waals surface area contributed by atoms with E-state index < -0.39 is 5.97 Å². The number of hydrogen-bond donors (Lipinski definition) is 2. The van der Waals surface area contributed by atoms with Crippen LogP contribution in [-0.4, -0.2) is 30.2 Å². The van der Waals surface area contributed by atoms with Crippen LogP contribution in [0.15, 0.2) is 72.8 Å². The van der Waals surface area contributed by atoms with Gasteiger partial charge < -0.3 is 19.6 Å². The summed E-state index contributed by atoms with van der Waals surface area (Å²) in [5, 5.41) is 12.8. The molecule has 2 aromatic heterocycles. The largest absolute Gasteiger partial charge is 0.478 e. The van der Waals surface area contributed by atoms with E-state index >= 15 is 0 Å². The molecule has 45 heavy (non-hydrogen) atoms. The number of anilines is 1. The summed E-state index contributed by atoms with van der Waals surface area (Å²) in [4.78, 5) is 20.8. The van der Waals surface area contributed by atoms with Gasteiger partial charge in [-0.15, -0.1) is 11.6 Å². The molecular formula is C37H44ClN5O2. The van der Waals surface area contributed by atoms with Crippen molar-refractivity contribution in [3.05, 3.63) is 90.0 Å². The maximum atomic E-state index is 11.1. The molecule has 0 radical (unpaired) electrons. The molecule has 2 saturated carbocycles. The van der Waals surface area contributed by atoms with Crippen molar-refractivity contribution < 1.29 is 9.90 Å². The topological polar surface area (TPSA) is 85.0 Å². The van der Waals surface area contributed by atoms with Crippen LogP contribution < -0.4 is 5.32 Å². The average Bonchev–Trinajstić information content (AvgIpc) is 3.61. The number of benzene rings is 3. The first kappa shape index (κ1) is 31.2. The third kappa shape index (κ3) is 6.89. The zero-order chi connectivity index (χ0) is 31.3. The van der Waals surface area contributed by atoms with E-state index in [-0.39, 0.29) is 11.4 Å². The number of nitrogens with one attached hydrogen (secondary N) is 1. The van der Waals surface area contributed by atoms with Crippen molar-refractivity contribution in [1.29, 1.82) is 0 Å². The molecule has 2 aliphatic carbocycles. The van der Waals surface area contributed by atoms with Crippen LogP contribution in [0, 0.1) is 11.8 Å². The Morgan fingerprint density at radius 1 is 0.733 bits per heavy atom. The van der Waals surface area contributed by atoms with Gasteiger partial charge in [0.05, 0.1) is 39.0 Å². The summed E-state index contributed by atoms with van der Waals surface area (Å²) in [5.41, 5.74) is 5.61. The number of aryl methyl sites for hydroxylation is 2. The Bertz CT molecular complexity index is 1730. The van der Waals surface area contributed by atoms with E-state index in [0.29, 0.717) is 17.4 Å². The number of hydrogen-bond acceptors (Lipinski definition) is 4. The van der Waals surface area contributed by atoms with E-state index in [9.17, 15) is 4.79 Å². The first-order chi connectivity index (χ1) is 21.9. The smallest absolute Gasteiger partial charge is 0.335 e. The molecule has 0 spiro atoms. The summed E-state index contributed by atoms with van der Waals surface area (Å²) in [6.45, 7) is 0. The monoisotopic (exact) mass is 625 g/mol. The molecule has 0 bridgehead atoms. The van der Waals surface area contributed by atoms with E-state index in [2.05, 4.69) is 58.9 Å². The highest BCUT2D eigenvalue weighted by atomic mass is 35.5. The lowest BCUT2D eigenvalue weighted by Gasteiger charge is -2.31. The minimum absolute atomic E-state index is 0.0581. The van der Waals surface area contributed by atoms with Crippen molar-refractivity contribution in [3.63, 3.8) is 0 Å². The standard InChI is InChI=1S/C22H25N3O2.C15H19ClN2/c1-25-19-10-6-5-9-18(19)24-21(25)20(15-7-3-2-4-8-15)23-17-13-11-16(12-14-17)22(26)27;1-18-13-10-6-5-9-12(13)17-15(18)14(16)11-7-3-2-4-8-11/h5-6,9-15,20,23H,2-4,7-8H2,1H3,(H,26,27);5-6,9-11,14H,2-4,7-8H2,1H3. The van der Waals surface area contributed by atoms with Gasteiger partial charge in [-0.3, -0.25) is 0 Å². The number of fused-ring (bicyclic) bond motifs is 2. The zero-order valence-electron chi connectivity index (χ0n) is 26.3. The molecule has 5 aromatic rings. The minimum Gasteiger partial charge on any atom is -0.478 e. The number of aromatic carboxylic acids is 1. The lowest BCUT2D eigenvalue weighted by Crippen LogP contribution is -2.26. The normalized spacial score (nSPS) is 17.5. The fourth-order valence-corrected chi connectivity index (χ4v) is 7.69. The van der Waals surface area contributed by atoms with Gasteiger partial charge in [0.2, 0.25) is 0 Å². The molecule has 2 aliphatic rings. The van der Waals surface area contributed by atoms with Crippen LogP contribution >= 0.6 is 11.6 Å². The van der Waals surface area contributed by atoms with Gasteiger partial charge in [-0.2, -0.15) is 0 Å². The van der Waals surface area contributed by atoms with Crippen LogP contribution in [0.5, 0.6) is 0 Å². The van der Waals surface area contributed by atoms with E-state index in [4.69, 9.17) is 26.7 Å². The maximum Gasteiger partial charge on any atom is 0.335 e. The molecule has 7 rings (SSSR count). The van der Waals surface area contributed by atoms with Crippen LogP contribution in [0.25, 0.3) is 22.1 Å². The van der Waals surface area contributed by atoms with Gasteiger partial charge in [-0.1, -0.05) is 62.8 Å². The number of carboxylic acid groups (broad SMARTS) is 1. The lowest BCUT2D eigenvalue weighted by atomic mass is 9.83. The molecule has 2 fully saturated rings. The van der Waals surface area contributed by atoms with Crippen LogP contribution in [0.2, 0.25) is 0 Å². The van der Waals surface area contributed by atoms with Gasteiger partial charge in [0, 0.05) is 19.8 Å². The molecule has 0 saturated heterocycles. The highest BCUT2D eigenvalue weighted by molar-refractivity contribution is 6.20. The van der Waals surface area contributed by atoms with E-state index in [0.717, 1.165) is 33.9 Å². The molecule has 236 valence electrons. The first-order valence-corrected chi connectivity index (χ1v) is 16.9. The molecule has 2 N–H and O–H groups in total. The van der Waals surface area contributed by atoms with Crippen molar-refractivity contribution >= 4 is 45.3 Å². The first-order valence-electron chi connectivity index (χ1n) is 16.5. The fourth-order valence-electron chi connectivity index (χ4n) is 7.24. The highest BCUT2D eigenvalue weighted by Gasteiger charge is 2.29. The van der Waals surface area contributed by atoms with E-state index in [1.54, 1.807) is 12.1 Å². The molecule has 0 amide bonds. The van der Waals surface area contributed by atoms with Crippen LogP contribution in [0.3, 0.4) is 0 Å². The lowest BCUT2D eigenvalue weighted by molar-refractivity contribution is 0.0697. The Balaban J connectivity index is 0.000000172. The molecule has 8 heteroatoms. The van der Waals surface area contributed by atoms with Crippen molar-refractivity contribution in [2.24, 2.45) is 25.9 Å². The summed E-state index contributed by atoms with van der Waals surface area (Å²) < 4.78 is 4.34. The predicted octanol–water partition coefficient (Wildman–Crippen LogP) is 9.44. The van der Waals surface area contributed by atoms with Crippen LogP contribution in [-0.2, 0) is 14.1 Å². The fraction of sp³-hybridized carbons (Fsp3) is 0.432. The average molecular weight is 626 g/mol. The predicted molar refractivity (Wildman–Crippen MR) is 183 cm³/mol. The van der Waals surface area contributed by atoms with Gasteiger partial charge in [-0.05, 0) is 86.1 Å². The molecule has 3 aromatic carbocycles. The van der Waals surface area contributed by atoms with Gasteiger partial charge in [-0.25, -0.2) is 14.8 Å². The van der Waals surface area contributed by atoms with Crippen molar-refractivity contribution in [2.45, 2.75) is 75.6 Å². The summed E-state index contributed by atoms with van der Waals surface area (Å²) in [6, 6.07) is 23.6. The Morgan fingerprint density at radius 2 is 1.22 bits per heavy atom. The third-order valence-electron chi connectivity index (χ3n) is 9.81. The number of carboxylic acids is 1. The summed E-state index contributed by atoms with van der Waals surface area (Å²) in [7, 11) is 4.15. The van der Waals surface area contributed by atoms with Gasteiger partial charge in [0.25, 0.3) is 0 Å². The number of alkyl halides is 1. The van der Waals surface area contributed by atoms with Gasteiger partial charge >= 0.3 is 5.97 Å². The third-order valence-corrected chi connectivity index (χ3v) is 10.4. The van der Waals surface area contributed by atoms with Crippen LogP contribution in [0.1, 0.15) is 97.6 Å². The van der Waals surface area contributed by atoms with Crippen molar-refractivity contribution in [2.75, 3.05) is 5.32 Å². The van der Waals surface area contributed by atoms with E-state index in [1.807, 2.05) is 30.3 Å². The van der Waals surface area contributed by atoms with Crippen molar-refractivity contribution in [3.8, 4) is 0 Å². The van der Waals surface area contributed by atoms with Gasteiger partial charge in [0.15, 0.2) is 0 Å². The number of nitrogens with zero attached hydrogens (tertiary/aromatic N) is 4. The van der Waals surface area contributed by atoms with Crippen molar-refractivity contribution in [1.82, 2.24) is 19.1 Å². The molecule has 0 aliphatic heterocycles. The number of para-hydroxylation sites is 4. The molecule has 2 unspecified atom stereocenters. The quantitative estimate of drug-likeness (QED) is 0.176. The number of imidazole rings is 2. The minimum atomic E-state index is -0.902.